The Morgan fingerprint density at radius 1 is 1.17 bits per heavy atom. The minimum absolute atomic E-state index is 0.0360. The van der Waals surface area contributed by atoms with Gasteiger partial charge in [-0.1, -0.05) is 35.5 Å². The first-order chi connectivity index (χ1) is 14.6. The average molecular weight is 429 g/mol. The second kappa shape index (κ2) is 9.57. The Labute approximate surface area is 177 Å². The van der Waals surface area contributed by atoms with Crippen LogP contribution >= 0.6 is 0 Å². The molecule has 0 amide bonds. The molecule has 1 N–H and O–H groups in total. The van der Waals surface area contributed by atoms with Gasteiger partial charge in [0.05, 0.1) is 17.6 Å². The molecule has 3 aromatic rings. The molecule has 0 radical (unpaired) electrons. The fraction of sp³-hybridized carbons (Fsp3) is 0.333. The molecule has 4 rings (SSSR count). The lowest BCUT2D eigenvalue weighted by atomic mass is 9.88. The van der Waals surface area contributed by atoms with E-state index in [1.807, 2.05) is 36.5 Å². The Kier molecular flexibility index (Phi) is 6.63. The van der Waals surface area contributed by atoms with Crippen molar-refractivity contribution in [3.8, 4) is 5.69 Å². The molecular weight excluding hydrogens is 405 g/mol. The van der Waals surface area contributed by atoms with Crippen molar-refractivity contribution in [3.05, 3.63) is 77.4 Å². The third-order valence-corrected chi connectivity index (χ3v) is 5.84. The molecule has 0 saturated carbocycles. The number of halogens is 1. The molecule has 1 aliphatic rings. The summed E-state index contributed by atoms with van der Waals surface area (Å²) in [5.41, 5.74) is 3.34. The minimum atomic E-state index is -2.41. The van der Waals surface area contributed by atoms with Gasteiger partial charge in [0.15, 0.2) is 0 Å². The van der Waals surface area contributed by atoms with E-state index in [1.54, 1.807) is 16.8 Å². The zero-order chi connectivity index (χ0) is 20.9. The van der Waals surface area contributed by atoms with Gasteiger partial charge in [0.1, 0.15) is 5.82 Å². The largest absolute Gasteiger partial charge is 0.760 e. The molecule has 1 aromatic heterocycles. The molecule has 9 heteroatoms. The van der Waals surface area contributed by atoms with E-state index < -0.39 is 17.1 Å². The van der Waals surface area contributed by atoms with Crippen LogP contribution in [0.5, 0.6) is 0 Å². The predicted molar refractivity (Wildman–Crippen MR) is 111 cm³/mol. The number of hydrogen-bond donors (Lipinski definition) is 1. The van der Waals surface area contributed by atoms with Gasteiger partial charge in [0, 0.05) is 29.9 Å². The number of nitrogens with one attached hydrogen (secondary N) is 1. The Hall–Kier alpha value is -2.46. The van der Waals surface area contributed by atoms with Crippen molar-refractivity contribution >= 4 is 11.3 Å². The molecule has 0 spiro atoms. The Balaban J connectivity index is 1.34. The zero-order valence-electron chi connectivity index (χ0n) is 16.4. The number of piperidine rings is 1. The van der Waals surface area contributed by atoms with E-state index >= 15 is 0 Å². The Morgan fingerprint density at radius 3 is 2.67 bits per heavy atom. The van der Waals surface area contributed by atoms with E-state index in [4.69, 9.17) is 0 Å². The summed E-state index contributed by atoms with van der Waals surface area (Å²) in [5.74, 6) is -0.0611. The first-order valence-corrected chi connectivity index (χ1v) is 11.0. The van der Waals surface area contributed by atoms with Gasteiger partial charge >= 0.3 is 0 Å². The van der Waals surface area contributed by atoms with Crippen molar-refractivity contribution in [1.82, 2.24) is 24.6 Å². The summed E-state index contributed by atoms with van der Waals surface area (Å²) in [5, 5.41) is 8.51. The highest BCUT2D eigenvalue weighted by atomic mass is 32.2. The van der Waals surface area contributed by atoms with Crippen LogP contribution in [0.2, 0.25) is 0 Å². The lowest BCUT2D eigenvalue weighted by molar-refractivity contribution is 0.202. The van der Waals surface area contributed by atoms with Gasteiger partial charge in [-0.3, -0.25) is 9.11 Å². The highest BCUT2D eigenvalue weighted by molar-refractivity contribution is 7.77. The number of rotatable bonds is 7. The molecule has 0 bridgehead atoms. The van der Waals surface area contributed by atoms with Crippen LogP contribution in [0, 0.1) is 5.82 Å². The second-order valence-corrected chi connectivity index (χ2v) is 8.21. The molecule has 7 nitrogen and oxygen atoms in total. The molecule has 2 aromatic carbocycles. The maximum Gasteiger partial charge on any atom is 0.127 e. The molecule has 1 aliphatic heterocycles. The Morgan fingerprint density at radius 2 is 1.93 bits per heavy atom. The minimum Gasteiger partial charge on any atom is -0.760 e. The molecule has 0 aliphatic carbocycles. The van der Waals surface area contributed by atoms with Crippen LogP contribution < -0.4 is 4.72 Å². The number of benzene rings is 2. The lowest BCUT2D eigenvalue weighted by Crippen LogP contribution is -2.32. The van der Waals surface area contributed by atoms with Crippen molar-refractivity contribution in [2.24, 2.45) is 0 Å². The quantitative estimate of drug-likeness (QED) is 0.585. The van der Waals surface area contributed by atoms with Gasteiger partial charge in [0.25, 0.3) is 0 Å². The van der Waals surface area contributed by atoms with Crippen LogP contribution in [0.4, 0.5) is 4.39 Å². The number of likely N-dealkylation sites (tertiary alicyclic amines) is 1. The molecule has 2 heterocycles. The monoisotopic (exact) mass is 428 g/mol. The van der Waals surface area contributed by atoms with Crippen LogP contribution in [0.1, 0.15) is 35.6 Å². The molecule has 158 valence electrons. The third kappa shape index (κ3) is 5.17. The topological polar surface area (TPSA) is 86.1 Å². The standard InChI is InChI=1S/C21H24FN5O2S/c22-21-7-6-17(12-18(21)13-23-30(28)29)16-8-10-26(11-9-16)14-19-15-27(25-24-19)20-4-2-1-3-5-20/h1-7,12,15-16,23H,8-11,13-14H2,(H,28,29)/p-1. The SMILES string of the molecule is O=S([O-])NCc1cc(C2CCN(Cc3cn(-c4ccccc4)nn3)CC2)ccc1F. The summed E-state index contributed by atoms with van der Waals surface area (Å²) in [6, 6.07) is 14.9. The normalized spacial score (nSPS) is 16.6. The van der Waals surface area contributed by atoms with Crippen LogP contribution in [0.25, 0.3) is 5.69 Å². The van der Waals surface area contributed by atoms with Crippen LogP contribution in [-0.4, -0.2) is 41.7 Å². The lowest BCUT2D eigenvalue weighted by Gasteiger charge is -2.31. The van der Waals surface area contributed by atoms with Gasteiger partial charge in [-0.2, -0.15) is 0 Å². The maximum atomic E-state index is 14.0. The molecule has 1 fully saturated rings. The van der Waals surface area contributed by atoms with E-state index in [2.05, 4.69) is 19.9 Å². The highest BCUT2D eigenvalue weighted by Crippen LogP contribution is 2.29. The number of aromatic nitrogens is 3. The smallest absolute Gasteiger partial charge is 0.127 e. The van der Waals surface area contributed by atoms with E-state index in [0.717, 1.165) is 49.4 Å². The van der Waals surface area contributed by atoms with Crippen LogP contribution in [-0.2, 0) is 24.4 Å². The summed E-state index contributed by atoms with van der Waals surface area (Å²) < 4.78 is 39.3. The molecule has 30 heavy (non-hydrogen) atoms. The van der Waals surface area contributed by atoms with E-state index in [0.29, 0.717) is 11.5 Å². The number of hydrogen-bond acceptors (Lipinski definition) is 5. The summed E-state index contributed by atoms with van der Waals surface area (Å²) in [6.45, 7) is 2.54. The van der Waals surface area contributed by atoms with Gasteiger partial charge in [0.2, 0.25) is 0 Å². The van der Waals surface area contributed by atoms with Gasteiger partial charge < -0.3 is 4.55 Å². The molecule has 1 unspecified atom stereocenters. The Bertz CT molecular complexity index is 1010. The van der Waals surface area contributed by atoms with Crippen molar-refractivity contribution in [3.63, 3.8) is 0 Å². The summed E-state index contributed by atoms with van der Waals surface area (Å²) in [7, 11) is 0. The van der Waals surface area contributed by atoms with Gasteiger partial charge in [-0.15, -0.1) is 5.10 Å². The zero-order valence-corrected chi connectivity index (χ0v) is 17.2. The first-order valence-electron chi connectivity index (χ1n) is 9.88. The summed E-state index contributed by atoms with van der Waals surface area (Å²) in [6.07, 6.45) is 3.87. The number of para-hydroxylation sites is 1. The number of nitrogens with zero attached hydrogens (tertiary/aromatic N) is 4. The predicted octanol–water partition coefficient (Wildman–Crippen LogP) is 2.67. The van der Waals surface area contributed by atoms with Crippen molar-refractivity contribution in [1.29, 1.82) is 0 Å². The summed E-state index contributed by atoms with van der Waals surface area (Å²) in [4.78, 5) is 2.35. The molecule has 1 atom stereocenters. The second-order valence-electron chi connectivity index (χ2n) is 7.45. The van der Waals surface area contributed by atoms with Crippen LogP contribution in [0.3, 0.4) is 0 Å². The van der Waals surface area contributed by atoms with E-state index in [1.165, 1.54) is 6.07 Å². The third-order valence-electron chi connectivity index (χ3n) is 5.46. The fourth-order valence-corrected chi connectivity index (χ4v) is 4.13. The molecule has 1 saturated heterocycles. The highest BCUT2D eigenvalue weighted by Gasteiger charge is 2.22. The average Bonchev–Trinajstić information content (AvgIpc) is 3.23. The van der Waals surface area contributed by atoms with Crippen molar-refractivity contribution < 1.29 is 13.2 Å². The van der Waals surface area contributed by atoms with Crippen LogP contribution in [0.15, 0.2) is 54.7 Å². The summed E-state index contributed by atoms with van der Waals surface area (Å²) >= 11 is -2.41. The molecular formula is C21H23FN5O2S-. The maximum absolute atomic E-state index is 14.0. The van der Waals surface area contributed by atoms with E-state index in [9.17, 15) is 13.2 Å². The van der Waals surface area contributed by atoms with Crippen molar-refractivity contribution in [2.45, 2.75) is 31.8 Å². The van der Waals surface area contributed by atoms with Crippen molar-refractivity contribution in [2.75, 3.05) is 13.1 Å². The van der Waals surface area contributed by atoms with E-state index in [-0.39, 0.29) is 6.54 Å². The van der Waals surface area contributed by atoms with Gasteiger partial charge in [-0.25, -0.2) is 13.8 Å². The fourth-order valence-electron chi connectivity index (χ4n) is 3.85. The van der Waals surface area contributed by atoms with Gasteiger partial charge in [-0.05, 0) is 55.6 Å². The first kappa shape index (κ1) is 20.8.